The first-order chi connectivity index (χ1) is 10.3. The van der Waals surface area contributed by atoms with E-state index in [0.717, 1.165) is 19.5 Å². The van der Waals surface area contributed by atoms with E-state index in [0.29, 0.717) is 17.6 Å². The van der Waals surface area contributed by atoms with Crippen molar-refractivity contribution in [1.82, 2.24) is 24.6 Å². The molecule has 0 fully saturated rings. The van der Waals surface area contributed by atoms with Crippen LogP contribution in [0.3, 0.4) is 0 Å². The Bertz CT molecular complexity index is 774. The van der Waals surface area contributed by atoms with Gasteiger partial charge in [-0.15, -0.1) is 11.3 Å². The summed E-state index contributed by atoms with van der Waals surface area (Å²) in [7, 11) is 1.78. The highest BCUT2D eigenvalue weighted by molar-refractivity contribution is 7.09. The Morgan fingerprint density at radius 3 is 3.10 bits per heavy atom. The van der Waals surface area contributed by atoms with Crippen molar-refractivity contribution in [2.45, 2.75) is 13.0 Å². The highest BCUT2D eigenvalue weighted by atomic mass is 32.1. The van der Waals surface area contributed by atoms with Crippen LogP contribution in [0.15, 0.2) is 34.8 Å². The number of thiophene rings is 1. The van der Waals surface area contributed by atoms with Crippen LogP contribution in [0, 0.1) is 0 Å². The van der Waals surface area contributed by atoms with Gasteiger partial charge in [-0.2, -0.15) is 5.10 Å². The Morgan fingerprint density at radius 1 is 1.38 bits per heavy atom. The molecule has 7 heteroatoms. The van der Waals surface area contributed by atoms with Crippen molar-refractivity contribution >= 4 is 22.4 Å². The molecule has 110 valence electrons. The van der Waals surface area contributed by atoms with Gasteiger partial charge >= 0.3 is 0 Å². The van der Waals surface area contributed by atoms with Crippen LogP contribution in [-0.2, 0) is 20.0 Å². The van der Waals surface area contributed by atoms with Gasteiger partial charge in [0.15, 0.2) is 5.65 Å². The third-order valence-electron chi connectivity index (χ3n) is 3.38. The highest BCUT2D eigenvalue weighted by Gasteiger charge is 2.07. The second kappa shape index (κ2) is 6.19. The van der Waals surface area contributed by atoms with E-state index in [2.05, 4.69) is 32.9 Å². The molecule has 3 rings (SSSR count). The van der Waals surface area contributed by atoms with Crippen LogP contribution in [0.25, 0.3) is 11.0 Å². The molecule has 0 aliphatic rings. The molecule has 6 nitrogen and oxygen atoms in total. The van der Waals surface area contributed by atoms with Crippen LogP contribution >= 0.6 is 11.3 Å². The van der Waals surface area contributed by atoms with E-state index < -0.39 is 0 Å². The van der Waals surface area contributed by atoms with Crippen LogP contribution < -0.4 is 10.9 Å². The SMILES string of the molecule is Cn1ncc2c(=O)n(CCNCCc3cccs3)cnc21. The lowest BCUT2D eigenvalue weighted by Gasteiger charge is -2.06. The number of nitrogens with zero attached hydrogens (tertiary/aromatic N) is 4. The molecule has 3 aromatic rings. The summed E-state index contributed by atoms with van der Waals surface area (Å²) >= 11 is 1.77. The van der Waals surface area contributed by atoms with E-state index in [1.54, 1.807) is 40.2 Å². The summed E-state index contributed by atoms with van der Waals surface area (Å²) in [5.41, 5.74) is 0.593. The first kappa shape index (κ1) is 14.0. The third kappa shape index (κ3) is 3.03. The molecule has 0 amide bonds. The van der Waals surface area contributed by atoms with E-state index in [4.69, 9.17) is 0 Å². The highest BCUT2D eigenvalue weighted by Crippen LogP contribution is 2.08. The predicted molar refractivity (Wildman–Crippen MR) is 83.7 cm³/mol. The zero-order chi connectivity index (χ0) is 14.7. The Morgan fingerprint density at radius 2 is 2.29 bits per heavy atom. The molecule has 0 spiro atoms. The van der Waals surface area contributed by atoms with Gasteiger partial charge in [-0.3, -0.25) is 14.0 Å². The molecule has 0 unspecified atom stereocenters. The first-order valence-corrected chi connectivity index (χ1v) is 7.74. The molecule has 3 aromatic heterocycles. The predicted octanol–water partition coefficient (Wildman–Crippen LogP) is 1.02. The summed E-state index contributed by atoms with van der Waals surface area (Å²) in [6.45, 7) is 2.28. The van der Waals surface area contributed by atoms with E-state index in [-0.39, 0.29) is 5.56 Å². The monoisotopic (exact) mass is 303 g/mol. The summed E-state index contributed by atoms with van der Waals surface area (Å²) in [6, 6.07) is 4.20. The second-order valence-electron chi connectivity index (χ2n) is 4.83. The van der Waals surface area contributed by atoms with Crippen LogP contribution in [0.5, 0.6) is 0 Å². The van der Waals surface area contributed by atoms with Gasteiger partial charge in [0.25, 0.3) is 5.56 Å². The van der Waals surface area contributed by atoms with Gasteiger partial charge in [0.2, 0.25) is 0 Å². The zero-order valence-electron chi connectivity index (χ0n) is 11.8. The summed E-state index contributed by atoms with van der Waals surface area (Å²) in [5, 5.41) is 10.1. The number of fused-ring (bicyclic) bond motifs is 1. The molecule has 0 saturated heterocycles. The second-order valence-corrected chi connectivity index (χ2v) is 5.86. The van der Waals surface area contributed by atoms with Gasteiger partial charge in [-0.05, 0) is 17.9 Å². The van der Waals surface area contributed by atoms with Crippen molar-refractivity contribution in [3.05, 3.63) is 45.3 Å². The Hall–Kier alpha value is -1.99. The van der Waals surface area contributed by atoms with Gasteiger partial charge < -0.3 is 5.32 Å². The molecule has 3 heterocycles. The van der Waals surface area contributed by atoms with Crippen LogP contribution in [-0.4, -0.2) is 32.4 Å². The zero-order valence-corrected chi connectivity index (χ0v) is 12.6. The van der Waals surface area contributed by atoms with E-state index in [1.807, 2.05) is 0 Å². The van der Waals surface area contributed by atoms with Gasteiger partial charge in [-0.25, -0.2) is 4.98 Å². The largest absolute Gasteiger partial charge is 0.315 e. The summed E-state index contributed by atoms with van der Waals surface area (Å²) in [5.74, 6) is 0. The number of hydrogen-bond donors (Lipinski definition) is 1. The van der Waals surface area contributed by atoms with Crippen LogP contribution in [0.4, 0.5) is 0 Å². The maximum Gasteiger partial charge on any atom is 0.264 e. The Balaban J connectivity index is 1.56. The molecular weight excluding hydrogens is 286 g/mol. The lowest BCUT2D eigenvalue weighted by Crippen LogP contribution is -2.28. The number of aromatic nitrogens is 4. The fraction of sp³-hybridized carbons (Fsp3) is 0.357. The molecule has 0 aliphatic carbocycles. The van der Waals surface area contributed by atoms with Crippen LogP contribution in [0.2, 0.25) is 0 Å². The van der Waals surface area contributed by atoms with E-state index >= 15 is 0 Å². The van der Waals surface area contributed by atoms with Crippen LogP contribution in [0.1, 0.15) is 4.88 Å². The lowest BCUT2D eigenvalue weighted by molar-refractivity contribution is 0.583. The van der Waals surface area contributed by atoms with Crippen molar-refractivity contribution < 1.29 is 0 Å². The van der Waals surface area contributed by atoms with Gasteiger partial charge in [-0.1, -0.05) is 6.07 Å². The van der Waals surface area contributed by atoms with Gasteiger partial charge in [0.05, 0.1) is 6.20 Å². The Labute approximate surface area is 126 Å². The molecule has 1 N–H and O–H groups in total. The molecular formula is C14H17N5OS. The maximum absolute atomic E-state index is 12.2. The van der Waals surface area contributed by atoms with Gasteiger partial charge in [0, 0.05) is 31.6 Å². The number of nitrogens with one attached hydrogen (secondary N) is 1. The minimum Gasteiger partial charge on any atom is -0.315 e. The Kier molecular flexibility index (Phi) is 4.12. The van der Waals surface area contributed by atoms with Gasteiger partial charge in [0.1, 0.15) is 11.7 Å². The summed E-state index contributed by atoms with van der Waals surface area (Å²) < 4.78 is 3.24. The molecule has 0 aliphatic heterocycles. The standard InChI is InChI=1S/C14H17N5OS/c1-18-13-12(9-17-18)14(20)19(10-16-13)7-6-15-5-4-11-3-2-8-21-11/h2-3,8-10,15H,4-7H2,1H3. The maximum atomic E-state index is 12.2. The third-order valence-corrected chi connectivity index (χ3v) is 4.31. The molecule has 0 atom stereocenters. The molecule has 0 saturated carbocycles. The minimum atomic E-state index is -0.0341. The van der Waals surface area contributed by atoms with E-state index in [1.165, 1.54) is 4.88 Å². The fourth-order valence-corrected chi connectivity index (χ4v) is 2.93. The van der Waals surface area contributed by atoms with Crippen molar-refractivity contribution in [2.24, 2.45) is 7.05 Å². The number of hydrogen-bond acceptors (Lipinski definition) is 5. The minimum absolute atomic E-state index is 0.0341. The van der Waals surface area contributed by atoms with Crippen molar-refractivity contribution in [1.29, 1.82) is 0 Å². The van der Waals surface area contributed by atoms with Crippen molar-refractivity contribution in [2.75, 3.05) is 13.1 Å². The first-order valence-electron chi connectivity index (χ1n) is 6.86. The molecule has 0 aromatic carbocycles. The normalized spacial score (nSPS) is 11.3. The molecule has 21 heavy (non-hydrogen) atoms. The fourth-order valence-electron chi connectivity index (χ4n) is 2.22. The molecule has 0 radical (unpaired) electrons. The quantitative estimate of drug-likeness (QED) is 0.691. The summed E-state index contributed by atoms with van der Waals surface area (Å²) in [4.78, 5) is 17.9. The molecule has 0 bridgehead atoms. The topological polar surface area (TPSA) is 64.7 Å². The average Bonchev–Trinajstić information content (AvgIpc) is 3.11. The summed E-state index contributed by atoms with van der Waals surface area (Å²) in [6.07, 6.45) is 4.19. The number of aryl methyl sites for hydroxylation is 1. The smallest absolute Gasteiger partial charge is 0.264 e. The van der Waals surface area contributed by atoms with E-state index in [9.17, 15) is 4.79 Å². The number of rotatable bonds is 6. The average molecular weight is 303 g/mol. The lowest BCUT2D eigenvalue weighted by atomic mass is 10.3. The van der Waals surface area contributed by atoms with Crippen molar-refractivity contribution in [3.8, 4) is 0 Å². The van der Waals surface area contributed by atoms with Crippen molar-refractivity contribution in [3.63, 3.8) is 0 Å².